The van der Waals surface area contributed by atoms with E-state index in [1.807, 2.05) is 116 Å². The predicted molar refractivity (Wildman–Crippen MR) is 234 cm³/mol. The Bertz CT molecular complexity index is 1760. The van der Waals surface area contributed by atoms with Crippen molar-refractivity contribution < 1.29 is 0 Å². The summed E-state index contributed by atoms with van der Waals surface area (Å²) in [5, 5.41) is 10.7. The van der Waals surface area contributed by atoms with Crippen LogP contribution in [-0.2, 0) is 6.42 Å². The van der Waals surface area contributed by atoms with E-state index in [-0.39, 0.29) is 0 Å². The van der Waals surface area contributed by atoms with Crippen molar-refractivity contribution in [3.63, 3.8) is 0 Å². The number of benzene rings is 4. The van der Waals surface area contributed by atoms with Crippen LogP contribution >= 0.6 is 8.58 Å². The van der Waals surface area contributed by atoms with Crippen LogP contribution in [-0.4, -0.2) is 25.1 Å². The Labute approximate surface area is 316 Å². The molecule has 4 aromatic carbocycles. The van der Waals surface area contributed by atoms with Crippen molar-refractivity contribution in [3.05, 3.63) is 240 Å². The topological polar surface area (TPSA) is 35.9 Å². The molecule has 2 nitrogen and oxygen atoms in total. The van der Waals surface area contributed by atoms with Gasteiger partial charge in [0, 0.05) is 18.4 Å². The van der Waals surface area contributed by atoms with E-state index in [0.29, 0.717) is 5.66 Å². The molecule has 1 aliphatic rings. The van der Waals surface area contributed by atoms with Crippen molar-refractivity contribution in [2.75, 3.05) is 13.2 Å². The number of nitrogens with one attached hydrogen (secondary N) is 2. The van der Waals surface area contributed by atoms with Crippen LogP contribution in [0, 0.1) is 12.3 Å². The fourth-order valence-corrected chi connectivity index (χ4v) is 6.01. The fraction of sp³-hybridized carbons (Fsp3) is 0.143. The molecule has 52 heavy (non-hydrogen) atoms. The third-order valence-corrected chi connectivity index (χ3v) is 9.14. The van der Waals surface area contributed by atoms with Gasteiger partial charge in [-0.1, -0.05) is 194 Å². The summed E-state index contributed by atoms with van der Waals surface area (Å²) >= 11 is 0. The van der Waals surface area contributed by atoms with Crippen LogP contribution in [0.2, 0.25) is 0 Å². The second-order valence-corrected chi connectivity index (χ2v) is 13.3. The first-order chi connectivity index (χ1) is 25.4. The fourth-order valence-electron chi connectivity index (χ4n) is 4.61. The van der Waals surface area contributed by atoms with Crippen molar-refractivity contribution in [2.24, 2.45) is 0 Å². The lowest BCUT2D eigenvalue weighted by atomic mass is 10.0. The molecule has 2 N–H and O–H groups in total. The van der Waals surface area contributed by atoms with E-state index in [4.69, 9.17) is 5.41 Å². The van der Waals surface area contributed by atoms with Gasteiger partial charge in [-0.05, 0) is 79.6 Å². The van der Waals surface area contributed by atoms with Crippen LogP contribution in [0.4, 0.5) is 0 Å². The first-order valence-electron chi connectivity index (χ1n) is 17.6. The third-order valence-electron chi connectivity index (χ3n) is 7.47. The molecule has 0 fully saturated rings. The number of rotatable bonds is 14. The summed E-state index contributed by atoms with van der Waals surface area (Å²) in [6.07, 6.45) is 24.9. The van der Waals surface area contributed by atoms with E-state index < -0.39 is 0 Å². The normalized spacial score (nSPS) is 12.6. The quantitative estimate of drug-likeness (QED) is 0.0583. The second kappa shape index (κ2) is 28.2. The van der Waals surface area contributed by atoms with Crippen molar-refractivity contribution in [1.29, 1.82) is 5.41 Å². The Morgan fingerprint density at radius 2 is 1.40 bits per heavy atom. The van der Waals surface area contributed by atoms with Gasteiger partial charge >= 0.3 is 0 Å². The Morgan fingerprint density at radius 3 is 1.90 bits per heavy atom. The van der Waals surface area contributed by atoms with Gasteiger partial charge in [0.1, 0.15) is 0 Å². The standard InChI is InChI=1S/C22H25N2P.C14H16.C7H8.C6H6/c1-18(24-2)12-13-21(16-19-8-4-3-5-9-19)22(14-15-23)25-17-20-10-6-7-11-20;1-3-8-13(2)9-7-12-14-10-5-4-6-11-14;1-7-5-3-2-4-6-7;1-2-4-6-5-3-1/h3-6,8-13,15-16,22-25H,1,14,17H2,2H3;3-11H,1,12H2,2H3;2-6H,1H3;1-6H/b13-12-,21-16+,23-15?;9-7+,13-8+;;. The van der Waals surface area contributed by atoms with Gasteiger partial charge in [-0.25, -0.2) is 0 Å². The molecular formula is C49H55N2P. The van der Waals surface area contributed by atoms with Crippen LogP contribution < -0.4 is 5.32 Å². The third kappa shape index (κ3) is 20.9. The number of aryl methyl sites for hydroxylation is 1. The average molecular weight is 703 g/mol. The van der Waals surface area contributed by atoms with Crippen molar-refractivity contribution in [1.82, 2.24) is 5.32 Å². The highest BCUT2D eigenvalue weighted by Gasteiger charge is 2.12. The van der Waals surface area contributed by atoms with Gasteiger partial charge in [-0.15, -0.1) is 14.3 Å². The van der Waals surface area contributed by atoms with Crippen LogP contribution in [0.15, 0.2) is 223 Å². The van der Waals surface area contributed by atoms with Crippen LogP contribution in [0.3, 0.4) is 0 Å². The summed E-state index contributed by atoms with van der Waals surface area (Å²) in [5.41, 5.74) is 11.9. The summed E-state index contributed by atoms with van der Waals surface area (Å²) in [6, 6.07) is 43.0. The molecule has 0 aromatic heterocycles. The zero-order valence-electron chi connectivity index (χ0n) is 31.1. The number of allylic oxidation sites excluding steroid dienone is 11. The molecule has 0 spiro atoms. The highest BCUT2D eigenvalue weighted by atomic mass is 31.1. The molecule has 5 rings (SSSR count). The molecule has 2 unspecified atom stereocenters. The molecule has 0 radical (unpaired) electrons. The minimum atomic E-state index is 0.327. The monoisotopic (exact) mass is 702 g/mol. The molecule has 0 amide bonds. The van der Waals surface area contributed by atoms with Gasteiger partial charge in [-0.2, -0.15) is 0 Å². The molecule has 1 aliphatic carbocycles. The van der Waals surface area contributed by atoms with E-state index >= 15 is 0 Å². The lowest BCUT2D eigenvalue weighted by Crippen LogP contribution is -2.07. The Hall–Kier alpha value is -5.52. The number of likely N-dealkylation sites (N-methyl/N-ethyl adjacent to an activating group) is 1. The van der Waals surface area contributed by atoms with Crippen LogP contribution in [0.25, 0.3) is 6.08 Å². The lowest BCUT2D eigenvalue weighted by molar-refractivity contribution is 1.03. The molecule has 0 heterocycles. The Kier molecular flexibility index (Phi) is 23.1. The maximum Gasteiger partial charge on any atom is 0.0264 e. The number of hydrogen-bond donors (Lipinski definition) is 2. The smallest absolute Gasteiger partial charge is 0.0264 e. The maximum absolute atomic E-state index is 7.60. The van der Waals surface area contributed by atoms with Crippen molar-refractivity contribution in [3.8, 4) is 0 Å². The van der Waals surface area contributed by atoms with Crippen LogP contribution in [0.1, 0.15) is 30.0 Å². The molecule has 0 saturated heterocycles. The minimum Gasteiger partial charge on any atom is -0.389 e. The van der Waals surface area contributed by atoms with Crippen molar-refractivity contribution in [2.45, 2.75) is 32.3 Å². The minimum absolute atomic E-state index is 0.327. The van der Waals surface area contributed by atoms with Gasteiger partial charge in [0.05, 0.1) is 0 Å². The van der Waals surface area contributed by atoms with Gasteiger partial charge < -0.3 is 10.7 Å². The first kappa shape index (κ1) is 42.6. The SMILES string of the molecule is C=C(/C=C\C(=C/c1ccccc1)C(CC=N)PCC1=CC=C=C1)NC.C=C/C=C(C)/C=C/Cc1ccccc1.Cc1ccccc1.c1ccccc1. The molecule has 3 heteroatoms. The summed E-state index contributed by atoms with van der Waals surface area (Å²) in [7, 11) is 2.59. The van der Waals surface area contributed by atoms with Gasteiger partial charge in [0.25, 0.3) is 0 Å². The maximum atomic E-state index is 7.60. The largest absolute Gasteiger partial charge is 0.389 e. The van der Waals surface area contributed by atoms with E-state index in [0.717, 1.165) is 33.3 Å². The second-order valence-electron chi connectivity index (χ2n) is 11.8. The molecule has 4 aromatic rings. The molecular weight excluding hydrogens is 648 g/mol. The van der Waals surface area contributed by atoms with Crippen molar-refractivity contribution >= 4 is 20.9 Å². The molecule has 0 aliphatic heterocycles. The Morgan fingerprint density at radius 1 is 0.827 bits per heavy atom. The number of hydrogen-bond acceptors (Lipinski definition) is 2. The predicted octanol–water partition coefficient (Wildman–Crippen LogP) is 12.7. The zero-order chi connectivity index (χ0) is 37.5. The van der Waals surface area contributed by atoms with Crippen LogP contribution in [0.5, 0.6) is 0 Å². The summed E-state index contributed by atoms with van der Waals surface area (Å²) in [4.78, 5) is 0. The highest BCUT2D eigenvalue weighted by molar-refractivity contribution is 7.39. The molecule has 2 atom stereocenters. The van der Waals surface area contributed by atoms with Gasteiger partial charge in [0.15, 0.2) is 0 Å². The van der Waals surface area contributed by atoms with E-state index in [1.54, 1.807) is 0 Å². The molecule has 266 valence electrons. The molecule has 0 saturated carbocycles. The molecule has 0 bridgehead atoms. The van der Waals surface area contributed by atoms with E-state index in [9.17, 15) is 0 Å². The summed E-state index contributed by atoms with van der Waals surface area (Å²) in [6.45, 7) is 11.8. The zero-order valence-corrected chi connectivity index (χ0v) is 32.1. The highest BCUT2D eigenvalue weighted by Crippen LogP contribution is 2.33. The first-order valence-corrected chi connectivity index (χ1v) is 18.9. The van der Waals surface area contributed by atoms with Gasteiger partial charge in [0.2, 0.25) is 0 Å². The summed E-state index contributed by atoms with van der Waals surface area (Å²) < 4.78 is 0. The lowest BCUT2D eigenvalue weighted by Gasteiger charge is -2.17. The summed E-state index contributed by atoms with van der Waals surface area (Å²) in [5.74, 6) is 0. The van der Waals surface area contributed by atoms with E-state index in [1.165, 1.54) is 39.6 Å². The van der Waals surface area contributed by atoms with E-state index in [2.05, 4.69) is 117 Å². The average Bonchev–Trinajstić information content (AvgIpc) is 3.72. The van der Waals surface area contributed by atoms with Gasteiger partial charge in [-0.3, -0.25) is 0 Å². The Balaban J connectivity index is 0.000000286.